The van der Waals surface area contributed by atoms with Gasteiger partial charge in [0.1, 0.15) is 12.0 Å². The highest BCUT2D eigenvalue weighted by Crippen LogP contribution is 2.29. The van der Waals surface area contributed by atoms with Gasteiger partial charge < -0.3 is 26.0 Å². The Hall–Kier alpha value is -2.09. The highest BCUT2D eigenvalue weighted by Gasteiger charge is 2.26. The van der Waals surface area contributed by atoms with Crippen molar-refractivity contribution in [3.63, 3.8) is 0 Å². The highest BCUT2D eigenvalue weighted by atomic mass is 16.4. The van der Waals surface area contributed by atoms with E-state index in [1.165, 1.54) is 38.7 Å². The molecule has 3 rings (SSSR count). The first-order valence-electron chi connectivity index (χ1n) is 9.19. The zero-order valence-corrected chi connectivity index (χ0v) is 14.7. The van der Waals surface area contributed by atoms with Gasteiger partial charge in [0.2, 0.25) is 0 Å². The minimum Gasteiger partial charge on any atom is -0.481 e. The van der Waals surface area contributed by atoms with Crippen molar-refractivity contribution in [2.75, 3.05) is 55.2 Å². The molecule has 0 aromatic carbocycles. The number of likely N-dealkylation sites (tertiary alicyclic amines) is 1. The maximum atomic E-state index is 11.1. The van der Waals surface area contributed by atoms with Gasteiger partial charge in [0.25, 0.3) is 0 Å². The summed E-state index contributed by atoms with van der Waals surface area (Å²) in [4.78, 5) is 24.2. The van der Waals surface area contributed by atoms with Gasteiger partial charge in [0.05, 0.1) is 5.92 Å². The summed E-state index contributed by atoms with van der Waals surface area (Å²) in [5, 5.41) is 12.4. The summed E-state index contributed by atoms with van der Waals surface area (Å²) in [6, 6.07) is 0. The van der Waals surface area contributed by atoms with E-state index in [4.69, 9.17) is 10.8 Å². The molecule has 138 valence electrons. The van der Waals surface area contributed by atoms with Crippen molar-refractivity contribution >= 4 is 23.3 Å². The maximum absolute atomic E-state index is 11.1. The molecule has 0 bridgehead atoms. The predicted octanol–water partition coefficient (Wildman–Crippen LogP) is 1.26. The van der Waals surface area contributed by atoms with E-state index in [1.54, 1.807) is 0 Å². The van der Waals surface area contributed by atoms with Gasteiger partial charge in [-0.2, -0.15) is 0 Å². The minimum absolute atomic E-state index is 0.263. The monoisotopic (exact) mass is 348 g/mol. The van der Waals surface area contributed by atoms with Crippen molar-refractivity contribution in [3.05, 3.63) is 6.33 Å². The van der Waals surface area contributed by atoms with E-state index in [-0.39, 0.29) is 5.92 Å². The maximum Gasteiger partial charge on any atom is 0.306 e. The van der Waals surface area contributed by atoms with Crippen molar-refractivity contribution in [1.82, 2.24) is 14.9 Å². The molecule has 0 aliphatic carbocycles. The van der Waals surface area contributed by atoms with E-state index < -0.39 is 5.97 Å². The van der Waals surface area contributed by atoms with Crippen LogP contribution in [-0.2, 0) is 4.79 Å². The first-order chi connectivity index (χ1) is 12.1. The van der Waals surface area contributed by atoms with Crippen LogP contribution in [0, 0.1) is 5.92 Å². The molecule has 2 aliphatic rings. The fourth-order valence-electron chi connectivity index (χ4n) is 3.63. The van der Waals surface area contributed by atoms with Crippen molar-refractivity contribution in [2.24, 2.45) is 5.92 Å². The number of aromatic nitrogens is 2. The summed E-state index contributed by atoms with van der Waals surface area (Å²) in [6.07, 6.45) is 6.67. The Labute approximate surface area is 148 Å². The van der Waals surface area contributed by atoms with Crippen LogP contribution in [0.25, 0.3) is 0 Å². The fourth-order valence-corrected chi connectivity index (χ4v) is 3.63. The second kappa shape index (κ2) is 8.33. The number of nitrogen functional groups attached to an aromatic ring is 1. The molecular weight excluding hydrogens is 320 g/mol. The molecule has 0 radical (unpaired) electrons. The third-order valence-electron chi connectivity index (χ3n) is 5.18. The molecule has 0 amide bonds. The number of nitrogens with two attached hydrogens (primary N) is 1. The summed E-state index contributed by atoms with van der Waals surface area (Å²) < 4.78 is 0. The molecule has 1 aromatic rings. The van der Waals surface area contributed by atoms with Crippen LogP contribution >= 0.6 is 0 Å². The topological polar surface area (TPSA) is 108 Å². The molecule has 25 heavy (non-hydrogen) atoms. The molecule has 8 heteroatoms. The van der Waals surface area contributed by atoms with Gasteiger partial charge in [0, 0.05) is 26.2 Å². The van der Waals surface area contributed by atoms with Crippen molar-refractivity contribution in [1.29, 1.82) is 0 Å². The SMILES string of the molecule is Nc1c(NCCN2CCCCC2)ncnc1N1CCC(C(=O)O)CC1. The third kappa shape index (κ3) is 4.50. The quantitative estimate of drug-likeness (QED) is 0.705. The number of anilines is 3. The zero-order chi connectivity index (χ0) is 17.6. The minimum atomic E-state index is -0.713. The number of nitrogens with zero attached hydrogens (tertiary/aromatic N) is 4. The number of hydrogen-bond acceptors (Lipinski definition) is 7. The number of hydrogen-bond donors (Lipinski definition) is 3. The van der Waals surface area contributed by atoms with Crippen LogP contribution in [0.1, 0.15) is 32.1 Å². The second-order valence-corrected chi connectivity index (χ2v) is 6.89. The van der Waals surface area contributed by atoms with E-state index in [1.807, 2.05) is 0 Å². The number of rotatable bonds is 6. The molecule has 4 N–H and O–H groups in total. The van der Waals surface area contributed by atoms with Crippen LogP contribution in [0.15, 0.2) is 6.33 Å². The van der Waals surface area contributed by atoms with E-state index in [9.17, 15) is 4.79 Å². The Bertz CT molecular complexity index is 583. The number of carboxylic acids is 1. The summed E-state index contributed by atoms with van der Waals surface area (Å²) in [7, 11) is 0. The van der Waals surface area contributed by atoms with Gasteiger partial charge in [-0.05, 0) is 38.8 Å². The molecule has 0 spiro atoms. The largest absolute Gasteiger partial charge is 0.481 e. The third-order valence-corrected chi connectivity index (χ3v) is 5.18. The summed E-state index contributed by atoms with van der Waals surface area (Å²) in [6.45, 7) is 5.46. The lowest BCUT2D eigenvalue weighted by molar-refractivity contribution is -0.142. The molecule has 3 heterocycles. The first kappa shape index (κ1) is 17.7. The van der Waals surface area contributed by atoms with Crippen LogP contribution in [0.3, 0.4) is 0 Å². The number of carboxylic acid groups (broad SMARTS) is 1. The Morgan fingerprint density at radius 1 is 1.20 bits per heavy atom. The van der Waals surface area contributed by atoms with Crippen molar-refractivity contribution in [3.8, 4) is 0 Å². The fraction of sp³-hybridized carbons (Fsp3) is 0.706. The van der Waals surface area contributed by atoms with E-state index in [0.717, 1.165) is 13.1 Å². The Balaban J connectivity index is 1.55. The number of nitrogens with one attached hydrogen (secondary N) is 1. The molecule has 0 unspecified atom stereocenters. The van der Waals surface area contributed by atoms with Gasteiger partial charge in [-0.15, -0.1) is 0 Å². The average Bonchev–Trinajstić information content (AvgIpc) is 2.64. The molecule has 1 aromatic heterocycles. The van der Waals surface area contributed by atoms with Crippen LogP contribution in [0.4, 0.5) is 17.3 Å². The van der Waals surface area contributed by atoms with Crippen LogP contribution in [0.5, 0.6) is 0 Å². The standard InChI is InChI=1S/C17H28N6O2/c18-14-15(19-6-11-22-7-2-1-3-8-22)20-12-21-16(14)23-9-4-13(5-10-23)17(24)25/h12-13H,1-11,18H2,(H,24,25)(H,19,20,21). The van der Waals surface area contributed by atoms with E-state index in [0.29, 0.717) is 43.3 Å². The Morgan fingerprint density at radius 3 is 2.60 bits per heavy atom. The van der Waals surface area contributed by atoms with Crippen LogP contribution in [0.2, 0.25) is 0 Å². The second-order valence-electron chi connectivity index (χ2n) is 6.89. The van der Waals surface area contributed by atoms with Crippen molar-refractivity contribution < 1.29 is 9.90 Å². The molecule has 2 fully saturated rings. The molecule has 0 saturated carbocycles. The Kier molecular flexibility index (Phi) is 5.91. The van der Waals surface area contributed by atoms with Gasteiger partial charge in [-0.1, -0.05) is 6.42 Å². The van der Waals surface area contributed by atoms with Crippen molar-refractivity contribution in [2.45, 2.75) is 32.1 Å². The molecule has 2 aliphatic heterocycles. The van der Waals surface area contributed by atoms with E-state index >= 15 is 0 Å². The van der Waals surface area contributed by atoms with Crippen LogP contribution < -0.4 is 16.0 Å². The van der Waals surface area contributed by atoms with Gasteiger partial charge in [-0.25, -0.2) is 9.97 Å². The van der Waals surface area contributed by atoms with E-state index in [2.05, 4.69) is 25.1 Å². The normalized spacial score (nSPS) is 19.8. The molecule has 2 saturated heterocycles. The smallest absolute Gasteiger partial charge is 0.306 e. The van der Waals surface area contributed by atoms with Gasteiger partial charge in [-0.3, -0.25) is 4.79 Å². The summed E-state index contributed by atoms with van der Waals surface area (Å²) in [5.74, 6) is 0.401. The average molecular weight is 348 g/mol. The predicted molar refractivity (Wildman–Crippen MR) is 97.8 cm³/mol. The molecule has 8 nitrogen and oxygen atoms in total. The zero-order valence-electron chi connectivity index (χ0n) is 14.7. The lowest BCUT2D eigenvalue weighted by atomic mass is 9.97. The summed E-state index contributed by atoms with van der Waals surface area (Å²) >= 11 is 0. The highest BCUT2D eigenvalue weighted by molar-refractivity contribution is 5.75. The van der Waals surface area contributed by atoms with Crippen LogP contribution in [-0.4, -0.2) is 65.2 Å². The number of piperidine rings is 2. The van der Waals surface area contributed by atoms with Gasteiger partial charge in [0.15, 0.2) is 11.6 Å². The summed E-state index contributed by atoms with van der Waals surface area (Å²) in [5.41, 5.74) is 6.82. The lowest BCUT2D eigenvalue weighted by Crippen LogP contribution is -2.37. The number of carbonyl (C=O) groups is 1. The number of aliphatic carboxylic acids is 1. The first-order valence-corrected chi connectivity index (χ1v) is 9.19. The molecule has 0 atom stereocenters. The van der Waals surface area contributed by atoms with Gasteiger partial charge >= 0.3 is 5.97 Å². The lowest BCUT2D eigenvalue weighted by Gasteiger charge is -2.32. The Morgan fingerprint density at radius 2 is 1.92 bits per heavy atom. The molecular formula is C17H28N6O2.